The quantitative estimate of drug-likeness (QED) is 0.484. The van der Waals surface area contributed by atoms with Crippen molar-refractivity contribution >= 4 is 11.9 Å². The molecule has 0 spiro atoms. The van der Waals surface area contributed by atoms with Gasteiger partial charge in [-0.25, -0.2) is 4.79 Å². The molecule has 4 N–H and O–H groups in total. The molecule has 0 rings (SSSR count). The van der Waals surface area contributed by atoms with E-state index in [2.05, 4.69) is 10.1 Å². The molecule has 0 saturated heterocycles. The maximum Gasteiger partial charge on any atom is 0.336 e. The lowest BCUT2D eigenvalue weighted by atomic mass is 10.1. The van der Waals surface area contributed by atoms with E-state index in [1.807, 2.05) is 6.92 Å². The van der Waals surface area contributed by atoms with Gasteiger partial charge < -0.3 is 20.9 Å². The van der Waals surface area contributed by atoms with E-state index < -0.39 is 18.1 Å². The van der Waals surface area contributed by atoms with Crippen LogP contribution < -0.4 is 11.1 Å². The fourth-order valence-electron chi connectivity index (χ4n) is 0.990. The van der Waals surface area contributed by atoms with Crippen molar-refractivity contribution in [1.82, 2.24) is 5.32 Å². The Bertz CT molecular complexity index is 220. The highest BCUT2D eigenvalue weighted by Gasteiger charge is 2.18. The first-order chi connectivity index (χ1) is 7.02. The first-order valence-corrected chi connectivity index (χ1v) is 4.82. The Hall–Kier alpha value is -1.14. The maximum atomic E-state index is 11.2. The van der Waals surface area contributed by atoms with E-state index in [0.29, 0.717) is 6.42 Å². The SMILES string of the molecule is CCC[C@@H](N)C(=O)NCC(O)C(=O)OC. The highest BCUT2D eigenvalue weighted by atomic mass is 16.5. The zero-order valence-electron chi connectivity index (χ0n) is 9.03. The Morgan fingerprint density at radius 1 is 1.53 bits per heavy atom. The number of rotatable bonds is 6. The molecule has 6 heteroatoms. The summed E-state index contributed by atoms with van der Waals surface area (Å²) in [5.74, 6) is -1.15. The second-order valence-corrected chi connectivity index (χ2v) is 3.18. The molecule has 88 valence electrons. The van der Waals surface area contributed by atoms with Crippen molar-refractivity contribution in [1.29, 1.82) is 0 Å². The first kappa shape index (κ1) is 13.9. The molecule has 0 aliphatic carbocycles. The zero-order chi connectivity index (χ0) is 11.8. The third-order valence-electron chi connectivity index (χ3n) is 1.88. The van der Waals surface area contributed by atoms with Crippen molar-refractivity contribution in [3.8, 4) is 0 Å². The summed E-state index contributed by atoms with van der Waals surface area (Å²) in [7, 11) is 1.16. The summed E-state index contributed by atoms with van der Waals surface area (Å²) < 4.78 is 4.28. The van der Waals surface area contributed by atoms with Gasteiger partial charge in [-0.05, 0) is 6.42 Å². The molecular formula is C9H18N2O4. The van der Waals surface area contributed by atoms with Crippen LogP contribution in [0.15, 0.2) is 0 Å². The summed E-state index contributed by atoms with van der Waals surface area (Å²) in [5.41, 5.74) is 5.51. The number of ether oxygens (including phenoxy) is 1. The number of nitrogens with two attached hydrogens (primary N) is 1. The van der Waals surface area contributed by atoms with Crippen molar-refractivity contribution in [3.63, 3.8) is 0 Å². The number of aliphatic hydroxyl groups is 1. The summed E-state index contributed by atoms with van der Waals surface area (Å²) >= 11 is 0. The van der Waals surface area contributed by atoms with Gasteiger partial charge in [-0.3, -0.25) is 4.79 Å². The van der Waals surface area contributed by atoms with Crippen molar-refractivity contribution < 1.29 is 19.4 Å². The molecule has 0 saturated carbocycles. The largest absolute Gasteiger partial charge is 0.467 e. The standard InChI is InChI=1S/C9H18N2O4/c1-3-4-6(10)8(13)11-5-7(12)9(14)15-2/h6-7,12H,3-5,10H2,1-2H3,(H,11,13)/t6-,7?/m1/s1. The number of esters is 1. The summed E-state index contributed by atoms with van der Waals surface area (Å²) in [4.78, 5) is 22.0. The van der Waals surface area contributed by atoms with E-state index in [9.17, 15) is 9.59 Å². The van der Waals surface area contributed by atoms with Gasteiger partial charge in [0.2, 0.25) is 5.91 Å². The van der Waals surface area contributed by atoms with Crippen LogP contribution in [0.2, 0.25) is 0 Å². The zero-order valence-corrected chi connectivity index (χ0v) is 9.03. The van der Waals surface area contributed by atoms with Crippen LogP contribution in [0.4, 0.5) is 0 Å². The lowest BCUT2D eigenvalue weighted by molar-refractivity contribution is -0.150. The number of carbonyl (C=O) groups is 2. The smallest absolute Gasteiger partial charge is 0.336 e. The number of methoxy groups -OCH3 is 1. The van der Waals surface area contributed by atoms with Gasteiger partial charge >= 0.3 is 5.97 Å². The van der Waals surface area contributed by atoms with Crippen molar-refractivity contribution in [2.75, 3.05) is 13.7 Å². The van der Waals surface area contributed by atoms with Crippen LogP contribution in [0.25, 0.3) is 0 Å². The van der Waals surface area contributed by atoms with Crippen molar-refractivity contribution in [2.24, 2.45) is 5.73 Å². The fourth-order valence-corrected chi connectivity index (χ4v) is 0.990. The molecule has 0 aliphatic rings. The van der Waals surface area contributed by atoms with E-state index >= 15 is 0 Å². The van der Waals surface area contributed by atoms with Gasteiger partial charge in [-0.15, -0.1) is 0 Å². The Balaban J connectivity index is 3.84. The Morgan fingerprint density at radius 3 is 2.60 bits per heavy atom. The molecule has 0 fully saturated rings. The van der Waals surface area contributed by atoms with Gasteiger partial charge in [0.15, 0.2) is 6.10 Å². The number of hydrogen-bond donors (Lipinski definition) is 3. The van der Waals surface area contributed by atoms with E-state index in [1.165, 1.54) is 0 Å². The highest BCUT2D eigenvalue weighted by molar-refractivity contribution is 5.82. The molecule has 15 heavy (non-hydrogen) atoms. The number of aliphatic hydroxyl groups excluding tert-OH is 1. The molecule has 6 nitrogen and oxygen atoms in total. The minimum absolute atomic E-state index is 0.178. The second kappa shape index (κ2) is 7.19. The lowest BCUT2D eigenvalue weighted by Gasteiger charge is -2.13. The molecular weight excluding hydrogens is 200 g/mol. The third kappa shape index (κ3) is 5.34. The summed E-state index contributed by atoms with van der Waals surface area (Å²) in [5, 5.41) is 11.5. The Labute approximate surface area is 88.8 Å². The second-order valence-electron chi connectivity index (χ2n) is 3.18. The molecule has 0 bridgehead atoms. The van der Waals surface area contributed by atoms with E-state index in [0.717, 1.165) is 13.5 Å². The third-order valence-corrected chi connectivity index (χ3v) is 1.88. The highest BCUT2D eigenvalue weighted by Crippen LogP contribution is 1.93. The van der Waals surface area contributed by atoms with Gasteiger partial charge in [-0.2, -0.15) is 0 Å². The predicted molar refractivity (Wildman–Crippen MR) is 53.9 cm³/mol. The van der Waals surface area contributed by atoms with Crippen LogP contribution in [-0.2, 0) is 14.3 Å². The average Bonchev–Trinajstić information content (AvgIpc) is 2.24. The monoisotopic (exact) mass is 218 g/mol. The van der Waals surface area contributed by atoms with Crippen LogP contribution in [0.3, 0.4) is 0 Å². The minimum atomic E-state index is -1.34. The van der Waals surface area contributed by atoms with Crippen LogP contribution in [-0.4, -0.2) is 42.8 Å². The molecule has 0 aromatic rings. The topological polar surface area (TPSA) is 102 Å². The first-order valence-electron chi connectivity index (χ1n) is 4.82. The van der Waals surface area contributed by atoms with Crippen molar-refractivity contribution in [3.05, 3.63) is 0 Å². The summed E-state index contributed by atoms with van der Waals surface area (Å²) in [6, 6.07) is -0.597. The van der Waals surface area contributed by atoms with E-state index in [-0.39, 0.29) is 12.5 Å². The molecule has 2 atom stereocenters. The van der Waals surface area contributed by atoms with E-state index in [4.69, 9.17) is 10.8 Å². The van der Waals surface area contributed by atoms with Crippen LogP contribution in [0.1, 0.15) is 19.8 Å². The lowest BCUT2D eigenvalue weighted by Crippen LogP contribution is -2.45. The van der Waals surface area contributed by atoms with Gasteiger partial charge in [0, 0.05) is 0 Å². The Morgan fingerprint density at radius 2 is 2.13 bits per heavy atom. The molecule has 1 amide bonds. The van der Waals surface area contributed by atoms with Gasteiger partial charge in [0.25, 0.3) is 0 Å². The number of hydrogen-bond acceptors (Lipinski definition) is 5. The molecule has 0 aromatic heterocycles. The normalized spacial score (nSPS) is 14.1. The van der Waals surface area contributed by atoms with Crippen LogP contribution in [0.5, 0.6) is 0 Å². The average molecular weight is 218 g/mol. The number of carbonyl (C=O) groups excluding carboxylic acids is 2. The molecule has 1 unspecified atom stereocenters. The van der Waals surface area contributed by atoms with Crippen LogP contribution >= 0.6 is 0 Å². The van der Waals surface area contributed by atoms with Gasteiger partial charge in [0.1, 0.15) is 0 Å². The van der Waals surface area contributed by atoms with E-state index in [1.54, 1.807) is 0 Å². The fraction of sp³-hybridized carbons (Fsp3) is 0.778. The minimum Gasteiger partial charge on any atom is -0.467 e. The summed E-state index contributed by atoms with van der Waals surface area (Å²) in [6.07, 6.45) is 0.0293. The molecule has 0 heterocycles. The molecule has 0 aromatic carbocycles. The number of nitrogens with one attached hydrogen (secondary N) is 1. The molecule has 0 aliphatic heterocycles. The summed E-state index contributed by atoms with van der Waals surface area (Å²) in [6.45, 7) is 1.74. The predicted octanol–water partition coefficient (Wildman–Crippen LogP) is -1.24. The maximum absolute atomic E-state index is 11.2. The Kier molecular flexibility index (Phi) is 6.64. The van der Waals surface area contributed by atoms with Crippen LogP contribution in [0, 0.1) is 0 Å². The van der Waals surface area contributed by atoms with Gasteiger partial charge in [-0.1, -0.05) is 13.3 Å². The van der Waals surface area contributed by atoms with Gasteiger partial charge in [0.05, 0.1) is 19.7 Å². The number of amides is 1. The molecule has 0 radical (unpaired) electrons. The van der Waals surface area contributed by atoms with Crippen molar-refractivity contribution in [2.45, 2.75) is 31.9 Å².